The molecule has 3 rings (SSSR count). The lowest BCUT2D eigenvalue weighted by Crippen LogP contribution is -3.14. The number of methoxy groups -OCH3 is 2. The Morgan fingerprint density at radius 3 is 2.41 bits per heavy atom. The van der Waals surface area contributed by atoms with Crippen LogP contribution in [0.25, 0.3) is 0 Å². The number of nitrogens with zero attached hydrogens (tertiary/aromatic N) is 1. The monoisotopic (exact) mass is 369 g/mol. The van der Waals surface area contributed by atoms with Crippen molar-refractivity contribution in [3.63, 3.8) is 0 Å². The Kier molecular flexibility index (Phi) is 6.01. The van der Waals surface area contributed by atoms with Crippen LogP contribution in [0.15, 0.2) is 36.4 Å². The summed E-state index contributed by atoms with van der Waals surface area (Å²) >= 11 is 0. The van der Waals surface area contributed by atoms with Gasteiger partial charge in [-0.2, -0.15) is 0 Å². The average molecular weight is 369 g/mol. The largest absolute Gasteiger partial charge is 0.497 e. The summed E-state index contributed by atoms with van der Waals surface area (Å²) in [5.74, 6) is 1.70. The van der Waals surface area contributed by atoms with Crippen molar-refractivity contribution in [2.45, 2.75) is 19.9 Å². The first-order valence-corrected chi connectivity index (χ1v) is 9.44. The molecule has 5 nitrogen and oxygen atoms in total. The van der Waals surface area contributed by atoms with Gasteiger partial charge in [-0.25, -0.2) is 0 Å². The molecule has 2 aromatic rings. The predicted octanol–water partition coefficient (Wildman–Crippen LogP) is 2.29. The van der Waals surface area contributed by atoms with Crippen molar-refractivity contribution >= 4 is 12.0 Å². The van der Waals surface area contributed by atoms with Gasteiger partial charge in [0.05, 0.1) is 46.0 Å². The topological polar surface area (TPSA) is 43.2 Å². The van der Waals surface area contributed by atoms with Crippen molar-refractivity contribution in [2.75, 3.05) is 45.3 Å². The van der Waals surface area contributed by atoms with E-state index in [2.05, 4.69) is 30.9 Å². The van der Waals surface area contributed by atoms with Gasteiger partial charge < -0.3 is 19.3 Å². The van der Waals surface area contributed by atoms with Gasteiger partial charge >= 0.3 is 0 Å². The molecule has 0 amide bonds. The first-order chi connectivity index (χ1) is 13.1. The molecule has 0 saturated carbocycles. The first-order valence-electron chi connectivity index (χ1n) is 9.44. The Bertz CT molecular complexity index is 798. The number of carbonyl (C=O) groups is 1. The lowest BCUT2D eigenvalue weighted by Gasteiger charge is -2.37. The molecule has 0 aromatic heterocycles. The second-order valence-electron chi connectivity index (χ2n) is 7.14. The number of aryl methyl sites for hydroxylation is 1. The smallest absolute Gasteiger partial charge is 0.150 e. The number of ether oxygens (including phenoxy) is 2. The van der Waals surface area contributed by atoms with Crippen LogP contribution in [0.4, 0.5) is 5.69 Å². The second-order valence-corrected chi connectivity index (χ2v) is 7.14. The van der Waals surface area contributed by atoms with E-state index in [1.165, 1.54) is 11.3 Å². The van der Waals surface area contributed by atoms with E-state index in [-0.39, 0.29) is 0 Å². The van der Waals surface area contributed by atoms with Crippen LogP contribution in [0.2, 0.25) is 0 Å². The summed E-state index contributed by atoms with van der Waals surface area (Å²) in [6.07, 6.45) is 0.906. The minimum atomic E-state index is 0.353. The third-order valence-corrected chi connectivity index (χ3v) is 5.62. The highest BCUT2D eigenvalue weighted by molar-refractivity contribution is 5.77. The van der Waals surface area contributed by atoms with Crippen LogP contribution in [0.5, 0.6) is 11.5 Å². The van der Waals surface area contributed by atoms with Crippen molar-refractivity contribution in [1.82, 2.24) is 0 Å². The number of carbonyl (C=O) groups excluding carboxylic acids is 1. The van der Waals surface area contributed by atoms with E-state index in [9.17, 15) is 4.79 Å². The van der Waals surface area contributed by atoms with Crippen molar-refractivity contribution in [1.29, 1.82) is 0 Å². The molecule has 0 aliphatic carbocycles. The van der Waals surface area contributed by atoms with Gasteiger partial charge in [-0.3, -0.25) is 4.79 Å². The van der Waals surface area contributed by atoms with Gasteiger partial charge in [0.15, 0.2) is 0 Å². The molecule has 1 N–H and O–H groups in total. The van der Waals surface area contributed by atoms with Crippen LogP contribution in [-0.4, -0.2) is 46.7 Å². The Morgan fingerprint density at radius 2 is 1.81 bits per heavy atom. The summed E-state index contributed by atoms with van der Waals surface area (Å²) in [4.78, 5) is 14.9. The average Bonchev–Trinajstić information content (AvgIpc) is 2.72. The van der Waals surface area contributed by atoms with Crippen LogP contribution in [0.3, 0.4) is 0 Å². The van der Waals surface area contributed by atoms with Crippen molar-refractivity contribution in [3.05, 3.63) is 53.1 Å². The fourth-order valence-electron chi connectivity index (χ4n) is 3.97. The molecular formula is C22H29N2O3+. The molecule has 0 bridgehead atoms. The second kappa shape index (κ2) is 8.44. The molecule has 0 radical (unpaired) electrons. The third-order valence-electron chi connectivity index (χ3n) is 5.62. The molecular weight excluding hydrogens is 340 g/mol. The molecule has 1 saturated heterocycles. The minimum absolute atomic E-state index is 0.353. The molecule has 0 unspecified atom stereocenters. The zero-order valence-corrected chi connectivity index (χ0v) is 16.6. The van der Waals surface area contributed by atoms with Gasteiger partial charge in [0, 0.05) is 17.3 Å². The summed E-state index contributed by atoms with van der Waals surface area (Å²) in [7, 11) is 3.38. The third kappa shape index (κ3) is 4.08. The normalized spacial score (nSPS) is 16.1. The first kappa shape index (κ1) is 19.2. The van der Waals surface area contributed by atoms with E-state index in [0.29, 0.717) is 6.04 Å². The quantitative estimate of drug-likeness (QED) is 0.794. The van der Waals surface area contributed by atoms with Crippen LogP contribution < -0.4 is 19.3 Å². The molecule has 1 atom stereocenters. The van der Waals surface area contributed by atoms with Crippen molar-refractivity contribution in [3.8, 4) is 11.5 Å². The standard InChI is InChI=1S/C22H28N2O3/c1-16-13-18(15-25)5-8-21(16)24-11-9-23(10-12-24)17(2)20-7-6-19(26-3)14-22(20)27-4/h5-8,13-15,17H,9-12H2,1-4H3/p+1/t17-/m1/s1. The fourth-order valence-corrected chi connectivity index (χ4v) is 3.97. The van der Waals surface area contributed by atoms with Gasteiger partial charge in [0.1, 0.15) is 23.8 Å². The SMILES string of the molecule is COc1ccc([C@@H](C)[NH+]2CCN(c3ccc(C=O)cc3C)CC2)c(OC)c1. The number of quaternary nitrogens is 1. The number of aldehydes is 1. The minimum Gasteiger partial charge on any atom is -0.497 e. The van der Waals surface area contributed by atoms with Crippen LogP contribution in [0.1, 0.15) is 34.5 Å². The van der Waals surface area contributed by atoms with Gasteiger partial charge in [-0.1, -0.05) is 0 Å². The Balaban J connectivity index is 1.69. The lowest BCUT2D eigenvalue weighted by molar-refractivity contribution is -0.930. The van der Waals surface area contributed by atoms with Crippen LogP contribution >= 0.6 is 0 Å². The Morgan fingerprint density at radius 1 is 1.07 bits per heavy atom. The highest BCUT2D eigenvalue weighted by atomic mass is 16.5. The molecule has 0 spiro atoms. The number of benzene rings is 2. The molecule has 27 heavy (non-hydrogen) atoms. The number of piperazine rings is 1. The van der Waals surface area contributed by atoms with E-state index in [1.807, 2.05) is 24.3 Å². The highest BCUT2D eigenvalue weighted by Crippen LogP contribution is 2.28. The number of nitrogens with one attached hydrogen (secondary N) is 1. The Labute approximate surface area is 161 Å². The van der Waals surface area contributed by atoms with E-state index in [0.717, 1.165) is 55.1 Å². The summed E-state index contributed by atoms with van der Waals surface area (Å²) < 4.78 is 10.9. The number of anilines is 1. The van der Waals surface area contributed by atoms with Crippen LogP contribution in [-0.2, 0) is 0 Å². The molecule has 1 aliphatic heterocycles. The summed E-state index contributed by atoms with van der Waals surface area (Å²) in [5, 5.41) is 0. The molecule has 5 heteroatoms. The fraction of sp³-hybridized carbons (Fsp3) is 0.409. The van der Waals surface area contributed by atoms with Crippen molar-refractivity contribution < 1.29 is 19.2 Å². The van der Waals surface area contributed by atoms with E-state index >= 15 is 0 Å². The summed E-state index contributed by atoms with van der Waals surface area (Å²) in [6, 6.07) is 12.4. The van der Waals surface area contributed by atoms with E-state index in [1.54, 1.807) is 19.1 Å². The maximum Gasteiger partial charge on any atom is 0.150 e. The number of hydrogen-bond donors (Lipinski definition) is 1. The molecule has 2 aromatic carbocycles. The van der Waals surface area contributed by atoms with Gasteiger partial charge in [-0.15, -0.1) is 0 Å². The maximum atomic E-state index is 11.0. The molecule has 144 valence electrons. The summed E-state index contributed by atoms with van der Waals surface area (Å²) in [6.45, 7) is 8.46. The van der Waals surface area contributed by atoms with E-state index < -0.39 is 0 Å². The maximum absolute atomic E-state index is 11.0. The zero-order valence-electron chi connectivity index (χ0n) is 16.6. The highest BCUT2D eigenvalue weighted by Gasteiger charge is 2.28. The number of hydrogen-bond acceptors (Lipinski definition) is 4. The van der Waals surface area contributed by atoms with Crippen molar-refractivity contribution in [2.24, 2.45) is 0 Å². The van der Waals surface area contributed by atoms with Crippen LogP contribution in [0, 0.1) is 6.92 Å². The predicted molar refractivity (Wildman–Crippen MR) is 107 cm³/mol. The van der Waals surface area contributed by atoms with Gasteiger partial charge in [0.2, 0.25) is 0 Å². The van der Waals surface area contributed by atoms with Gasteiger partial charge in [-0.05, 0) is 49.7 Å². The molecule has 1 fully saturated rings. The number of rotatable bonds is 6. The zero-order chi connectivity index (χ0) is 19.4. The molecule has 1 heterocycles. The summed E-state index contributed by atoms with van der Waals surface area (Å²) in [5.41, 5.74) is 4.34. The van der Waals surface area contributed by atoms with E-state index in [4.69, 9.17) is 9.47 Å². The van der Waals surface area contributed by atoms with Gasteiger partial charge in [0.25, 0.3) is 0 Å². The lowest BCUT2D eigenvalue weighted by atomic mass is 10.0. The molecule has 1 aliphatic rings. The Hall–Kier alpha value is -2.53.